The van der Waals surface area contributed by atoms with E-state index in [0.717, 1.165) is 0 Å². The van der Waals surface area contributed by atoms with E-state index < -0.39 is 21.0 Å². The van der Waals surface area contributed by atoms with Gasteiger partial charge in [0.1, 0.15) is 0 Å². The molecule has 6 nitrogen and oxygen atoms in total. The van der Waals surface area contributed by atoms with Crippen molar-refractivity contribution in [2.45, 2.75) is 5.40 Å². The van der Waals surface area contributed by atoms with Crippen LogP contribution in [0.25, 0.3) is 0 Å². The second-order valence-electron chi connectivity index (χ2n) is 2.93. The maximum Gasteiger partial charge on any atom is 0.526 e. The summed E-state index contributed by atoms with van der Waals surface area (Å²) < 4.78 is 21.8. The molecule has 0 amide bonds. The minimum atomic E-state index is -4.64. The van der Waals surface area contributed by atoms with E-state index in [-0.39, 0.29) is 5.56 Å². The molecule has 1 rings (SSSR count). The molecule has 1 aromatic carbocycles. The van der Waals surface area contributed by atoms with E-state index in [2.05, 4.69) is 0 Å². The van der Waals surface area contributed by atoms with Gasteiger partial charge in [-0.25, -0.2) is 0 Å². The van der Waals surface area contributed by atoms with Gasteiger partial charge in [0.2, 0.25) is 0 Å². The van der Waals surface area contributed by atoms with Gasteiger partial charge >= 0.3 is 21.0 Å². The Morgan fingerprint density at radius 3 is 2.07 bits per heavy atom. The van der Waals surface area contributed by atoms with Crippen LogP contribution in [0.15, 0.2) is 24.3 Å². The lowest BCUT2D eigenvalue weighted by Gasteiger charge is -2.07. The number of hydrogen-bond donors (Lipinski definition) is 4. The zero-order chi connectivity index (χ0) is 11.6. The van der Waals surface area contributed by atoms with Crippen molar-refractivity contribution in [1.82, 2.24) is 0 Å². The molecule has 0 heterocycles. The third kappa shape index (κ3) is 3.09. The van der Waals surface area contributed by atoms with E-state index in [1.165, 1.54) is 24.3 Å². The summed E-state index contributed by atoms with van der Waals surface area (Å²) in [7, 11) is -7.64. The van der Waals surface area contributed by atoms with Gasteiger partial charge in [-0.2, -0.15) is 4.89 Å². The summed E-state index contributed by atoms with van der Waals surface area (Å²) >= 11 is 0. The van der Waals surface area contributed by atoms with Crippen LogP contribution in [0.5, 0.6) is 0 Å². The molecule has 0 fully saturated rings. The predicted molar refractivity (Wildman–Crippen MR) is 55.5 cm³/mol. The van der Waals surface area contributed by atoms with Gasteiger partial charge in [0.25, 0.3) is 0 Å². The average molecular weight is 250 g/mol. The van der Waals surface area contributed by atoms with Gasteiger partial charge in [-0.15, -0.1) is 0 Å². The highest BCUT2D eigenvalue weighted by atomic mass is 31.2. The van der Waals surface area contributed by atoms with Gasteiger partial charge < -0.3 is 15.5 Å². The number of benzene rings is 1. The quantitative estimate of drug-likeness (QED) is 0.472. The summed E-state index contributed by atoms with van der Waals surface area (Å²) in [6.45, 7) is 0. The molecule has 0 spiro atoms. The van der Waals surface area contributed by atoms with Crippen LogP contribution in [0.4, 0.5) is 5.69 Å². The molecule has 0 saturated carbocycles. The number of hydrogen-bond acceptors (Lipinski definition) is 3. The van der Waals surface area contributed by atoms with Crippen molar-refractivity contribution in [3.63, 3.8) is 0 Å². The smallest absolute Gasteiger partial charge is 0.399 e. The maximum atomic E-state index is 11.0. The standard InChI is InChI=1S/C7H9NO5P2/c8-6-3-1-5(2-4-6)7(14(9)10)15(11,12)13/h1-4,7H,8H2,(H2-,9,10,11,12,13)/p+1. The summed E-state index contributed by atoms with van der Waals surface area (Å²) in [5.41, 5.74) is 5.89. The SMILES string of the molecule is Nc1ccc(C([P+](=O)O)P(=O)(O)O)cc1. The maximum absolute atomic E-state index is 11.0. The van der Waals surface area contributed by atoms with Crippen molar-refractivity contribution in [2.24, 2.45) is 0 Å². The zero-order valence-electron chi connectivity index (χ0n) is 7.52. The van der Waals surface area contributed by atoms with Crippen LogP contribution in [-0.4, -0.2) is 14.7 Å². The highest BCUT2D eigenvalue weighted by Gasteiger charge is 2.46. The van der Waals surface area contributed by atoms with Crippen molar-refractivity contribution in [3.05, 3.63) is 29.8 Å². The summed E-state index contributed by atoms with van der Waals surface area (Å²) in [6.07, 6.45) is 0. The number of anilines is 1. The molecule has 0 radical (unpaired) electrons. The second kappa shape index (κ2) is 4.39. The lowest BCUT2D eigenvalue weighted by atomic mass is 10.2. The topological polar surface area (TPSA) is 121 Å². The fourth-order valence-corrected chi connectivity index (χ4v) is 3.14. The van der Waals surface area contributed by atoms with Crippen LogP contribution in [0, 0.1) is 0 Å². The lowest BCUT2D eigenvalue weighted by Crippen LogP contribution is -1.96. The molecule has 1 aromatic rings. The summed E-state index contributed by atoms with van der Waals surface area (Å²) in [5.74, 6) is 0. The highest BCUT2D eigenvalue weighted by molar-refractivity contribution is 7.64. The highest BCUT2D eigenvalue weighted by Crippen LogP contribution is 2.62. The van der Waals surface area contributed by atoms with Gasteiger partial charge in [-0.05, 0) is 16.7 Å². The first-order valence-electron chi connectivity index (χ1n) is 3.88. The van der Waals surface area contributed by atoms with E-state index in [1.807, 2.05) is 0 Å². The van der Waals surface area contributed by atoms with Crippen molar-refractivity contribution in [1.29, 1.82) is 0 Å². The third-order valence-corrected chi connectivity index (χ3v) is 4.91. The molecule has 0 aromatic heterocycles. The van der Waals surface area contributed by atoms with Crippen LogP contribution in [0.2, 0.25) is 0 Å². The molecular formula is C7H10NO5P2+. The lowest BCUT2D eigenvalue weighted by molar-refractivity contribution is 0.366. The Morgan fingerprint density at radius 1 is 1.27 bits per heavy atom. The Hall–Kier alpha value is -0.770. The molecule has 8 heteroatoms. The van der Waals surface area contributed by atoms with E-state index in [9.17, 15) is 9.13 Å². The summed E-state index contributed by atoms with van der Waals surface area (Å²) in [5, 5.41) is -1.69. The van der Waals surface area contributed by atoms with Crippen LogP contribution < -0.4 is 5.73 Å². The Morgan fingerprint density at radius 2 is 1.73 bits per heavy atom. The fourth-order valence-electron chi connectivity index (χ4n) is 1.12. The van der Waals surface area contributed by atoms with E-state index in [1.54, 1.807) is 0 Å². The molecule has 0 saturated heterocycles. The summed E-state index contributed by atoms with van der Waals surface area (Å²) in [6, 6.07) is 5.47. The Labute approximate surface area is 86.8 Å². The molecule has 0 aliphatic heterocycles. The van der Waals surface area contributed by atoms with Crippen LogP contribution in [-0.2, 0) is 9.13 Å². The Bertz CT molecular complexity index is 412. The molecule has 2 unspecified atom stereocenters. The minimum absolute atomic E-state index is 0.0983. The monoisotopic (exact) mass is 250 g/mol. The van der Waals surface area contributed by atoms with Crippen LogP contribution in [0.1, 0.15) is 11.0 Å². The van der Waals surface area contributed by atoms with Gasteiger partial charge in [0.15, 0.2) is 0 Å². The summed E-state index contributed by atoms with van der Waals surface area (Å²) in [4.78, 5) is 26.7. The Kier molecular flexibility index (Phi) is 3.60. The van der Waals surface area contributed by atoms with Crippen molar-refractivity contribution < 1.29 is 23.8 Å². The minimum Gasteiger partial charge on any atom is -0.399 e. The van der Waals surface area contributed by atoms with Crippen LogP contribution in [0.3, 0.4) is 0 Å². The van der Waals surface area contributed by atoms with E-state index in [0.29, 0.717) is 5.69 Å². The van der Waals surface area contributed by atoms with Gasteiger partial charge in [0, 0.05) is 11.3 Å². The molecule has 5 N–H and O–H groups in total. The van der Waals surface area contributed by atoms with Gasteiger partial charge in [-0.3, -0.25) is 4.57 Å². The fraction of sp³-hybridized carbons (Fsp3) is 0.143. The molecule has 0 aliphatic rings. The molecule has 15 heavy (non-hydrogen) atoms. The second-order valence-corrected chi connectivity index (χ2v) is 6.16. The van der Waals surface area contributed by atoms with Crippen molar-refractivity contribution in [2.75, 3.05) is 5.73 Å². The van der Waals surface area contributed by atoms with Gasteiger partial charge in [-0.1, -0.05) is 12.1 Å². The largest absolute Gasteiger partial charge is 0.526 e. The first-order chi connectivity index (χ1) is 6.82. The average Bonchev–Trinajstić information content (AvgIpc) is 2.05. The van der Waals surface area contributed by atoms with Crippen molar-refractivity contribution >= 4 is 21.3 Å². The van der Waals surface area contributed by atoms with E-state index >= 15 is 0 Å². The molecular weight excluding hydrogens is 240 g/mol. The molecule has 2 atom stereocenters. The first-order valence-corrected chi connectivity index (χ1v) is 6.84. The van der Waals surface area contributed by atoms with E-state index in [4.69, 9.17) is 20.4 Å². The molecule has 0 bridgehead atoms. The molecule has 0 aliphatic carbocycles. The normalized spacial score (nSPS) is 14.7. The molecule has 82 valence electrons. The third-order valence-electron chi connectivity index (χ3n) is 1.76. The number of rotatable bonds is 3. The number of nitrogen functional groups attached to an aromatic ring is 1. The number of nitrogens with two attached hydrogens (primary N) is 1. The first kappa shape index (κ1) is 12.3. The Balaban J connectivity index is 3.17. The van der Waals surface area contributed by atoms with Crippen LogP contribution >= 0.6 is 15.6 Å². The van der Waals surface area contributed by atoms with Gasteiger partial charge in [0.05, 0.1) is 0 Å². The zero-order valence-corrected chi connectivity index (χ0v) is 9.31. The predicted octanol–water partition coefficient (Wildman–Crippen LogP) is 1.18. The van der Waals surface area contributed by atoms with Crippen molar-refractivity contribution in [3.8, 4) is 0 Å².